The van der Waals surface area contributed by atoms with Gasteiger partial charge in [0.05, 0.1) is 10.6 Å². The summed E-state index contributed by atoms with van der Waals surface area (Å²) >= 11 is 7.61. The normalized spacial score (nSPS) is 11.3. The molecule has 0 unspecified atom stereocenters. The maximum Gasteiger partial charge on any atom is 0.183 e. The van der Waals surface area contributed by atoms with Crippen LogP contribution in [0.3, 0.4) is 0 Å². The van der Waals surface area contributed by atoms with Gasteiger partial charge in [0.2, 0.25) is 0 Å². The summed E-state index contributed by atoms with van der Waals surface area (Å²) in [4.78, 5) is 6.44. The van der Waals surface area contributed by atoms with Crippen LogP contribution in [0, 0.1) is 0 Å². The Kier molecular flexibility index (Phi) is 4.15. The minimum absolute atomic E-state index is 0.709. The van der Waals surface area contributed by atoms with E-state index < -0.39 is 0 Å². The molecule has 0 atom stereocenters. The van der Waals surface area contributed by atoms with Gasteiger partial charge >= 0.3 is 0 Å². The third kappa shape index (κ3) is 3.28. The highest BCUT2D eigenvalue weighted by atomic mass is 35.5. The molecule has 0 N–H and O–H groups in total. The summed E-state index contributed by atoms with van der Waals surface area (Å²) < 4.78 is 1.87. The van der Waals surface area contributed by atoms with Crippen molar-refractivity contribution in [1.29, 1.82) is 0 Å². The lowest BCUT2D eigenvalue weighted by Gasteiger charge is -2.08. The van der Waals surface area contributed by atoms with Crippen LogP contribution in [-0.2, 0) is 6.54 Å². The molecule has 0 bridgehead atoms. The van der Waals surface area contributed by atoms with E-state index in [2.05, 4.69) is 29.1 Å². The van der Waals surface area contributed by atoms with E-state index in [0.29, 0.717) is 5.82 Å². The van der Waals surface area contributed by atoms with E-state index in [1.165, 1.54) is 0 Å². The third-order valence-corrected chi connectivity index (χ3v) is 3.57. The predicted molar refractivity (Wildman–Crippen MR) is 71.5 cm³/mol. The van der Waals surface area contributed by atoms with Crippen molar-refractivity contribution < 1.29 is 0 Å². The second kappa shape index (κ2) is 5.62. The largest absolute Gasteiger partial charge is 0.309 e. The first kappa shape index (κ1) is 12.5. The molecule has 0 aliphatic carbocycles. The Bertz CT molecular complexity index is 477. The fourth-order valence-corrected chi connectivity index (χ4v) is 2.56. The molecule has 0 saturated heterocycles. The van der Waals surface area contributed by atoms with E-state index in [9.17, 15) is 0 Å². The SMILES string of the molecule is CN(C)CCCn1cnc(-c2cscc2Cl)n1. The molecular weight excluding hydrogens is 256 g/mol. The fraction of sp³-hybridized carbons (Fsp3) is 0.455. The van der Waals surface area contributed by atoms with Gasteiger partial charge in [0.1, 0.15) is 6.33 Å². The molecule has 2 aromatic rings. The van der Waals surface area contributed by atoms with Crippen molar-refractivity contribution in [3.63, 3.8) is 0 Å². The molecule has 6 heteroatoms. The van der Waals surface area contributed by atoms with Crippen molar-refractivity contribution in [2.45, 2.75) is 13.0 Å². The minimum atomic E-state index is 0.709. The van der Waals surface area contributed by atoms with E-state index in [-0.39, 0.29) is 0 Å². The molecule has 2 aromatic heterocycles. The van der Waals surface area contributed by atoms with Crippen LogP contribution >= 0.6 is 22.9 Å². The summed E-state index contributed by atoms with van der Waals surface area (Å²) in [5, 5.41) is 9.01. The average Bonchev–Trinajstić information content (AvgIpc) is 2.86. The molecule has 92 valence electrons. The molecule has 2 rings (SSSR count). The molecule has 0 fully saturated rings. The van der Waals surface area contributed by atoms with Crippen LogP contribution in [-0.4, -0.2) is 40.3 Å². The summed E-state index contributed by atoms with van der Waals surface area (Å²) in [6, 6.07) is 0. The highest BCUT2D eigenvalue weighted by Crippen LogP contribution is 2.28. The van der Waals surface area contributed by atoms with Crippen LogP contribution < -0.4 is 0 Å². The van der Waals surface area contributed by atoms with Crippen LogP contribution in [0.4, 0.5) is 0 Å². The van der Waals surface area contributed by atoms with Crippen molar-refractivity contribution in [3.05, 3.63) is 22.1 Å². The molecule has 17 heavy (non-hydrogen) atoms. The van der Waals surface area contributed by atoms with E-state index >= 15 is 0 Å². The second-order valence-corrected chi connectivity index (χ2v) is 5.27. The number of aryl methyl sites for hydroxylation is 1. The van der Waals surface area contributed by atoms with Gasteiger partial charge in [-0.25, -0.2) is 4.98 Å². The van der Waals surface area contributed by atoms with Crippen LogP contribution in [0.2, 0.25) is 5.02 Å². The van der Waals surface area contributed by atoms with E-state index in [4.69, 9.17) is 11.6 Å². The van der Waals surface area contributed by atoms with Crippen molar-refractivity contribution in [2.75, 3.05) is 20.6 Å². The Labute approximate surface area is 110 Å². The van der Waals surface area contributed by atoms with Crippen LogP contribution in [0.5, 0.6) is 0 Å². The summed E-state index contributed by atoms with van der Waals surface area (Å²) in [5.74, 6) is 0.709. The molecule has 0 amide bonds. The monoisotopic (exact) mass is 270 g/mol. The number of hydrogen-bond acceptors (Lipinski definition) is 4. The van der Waals surface area contributed by atoms with Gasteiger partial charge in [-0.2, -0.15) is 16.4 Å². The van der Waals surface area contributed by atoms with Crippen molar-refractivity contribution in [1.82, 2.24) is 19.7 Å². The lowest BCUT2D eigenvalue weighted by molar-refractivity contribution is 0.380. The van der Waals surface area contributed by atoms with Crippen LogP contribution in [0.1, 0.15) is 6.42 Å². The summed E-state index contributed by atoms with van der Waals surface area (Å²) in [6.07, 6.45) is 2.83. The Morgan fingerprint density at radius 1 is 1.41 bits per heavy atom. The Balaban J connectivity index is 1.99. The maximum atomic E-state index is 6.04. The van der Waals surface area contributed by atoms with Gasteiger partial charge in [0, 0.05) is 17.3 Å². The number of nitrogens with zero attached hydrogens (tertiary/aromatic N) is 4. The Morgan fingerprint density at radius 3 is 2.88 bits per heavy atom. The van der Waals surface area contributed by atoms with Gasteiger partial charge in [-0.15, -0.1) is 0 Å². The molecule has 0 aliphatic heterocycles. The lowest BCUT2D eigenvalue weighted by Crippen LogP contribution is -2.15. The molecule has 0 aliphatic rings. The standard InChI is InChI=1S/C11H15ClN4S/c1-15(2)4-3-5-16-8-13-11(14-16)9-6-17-7-10(9)12/h6-8H,3-5H2,1-2H3. The van der Waals surface area contributed by atoms with Gasteiger partial charge in [-0.05, 0) is 27.1 Å². The van der Waals surface area contributed by atoms with E-state index in [1.807, 2.05) is 15.4 Å². The average molecular weight is 271 g/mol. The van der Waals surface area contributed by atoms with Gasteiger partial charge in [0.25, 0.3) is 0 Å². The van der Waals surface area contributed by atoms with Gasteiger partial charge in [0.15, 0.2) is 5.82 Å². The lowest BCUT2D eigenvalue weighted by atomic mass is 10.3. The zero-order chi connectivity index (χ0) is 12.3. The highest BCUT2D eigenvalue weighted by Gasteiger charge is 2.09. The molecule has 4 nitrogen and oxygen atoms in total. The maximum absolute atomic E-state index is 6.04. The summed E-state index contributed by atoms with van der Waals surface area (Å²) in [7, 11) is 4.13. The third-order valence-electron chi connectivity index (χ3n) is 2.38. The first-order valence-electron chi connectivity index (χ1n) is 5.43. The summed E-state index contributed by atoms with van der Waals surface area (Å²) in [5.41, 5.74) is 0.919. The molecule has 0 saturated carbocycles. The van der Waals surface area contributed by atoms with Crippen molar-refractivity contribution in [3.8, 4) is 11.4 Å². The first-order chi connectivity index (χ1) is 8.16. The number of aromatic nitrogens is 3. The molecular formula is C11H15ClN4S. The van der Waals surface area contributed by atoms with Crippen molar-refractivity contribution in [2.24, 2.45) is 0 Å². The van der Waals surface area contributed by atoms with Crippen LogP contribution in [0.25, 0.3) is 11.4 Å². The zero-order valence-corrected chi connectivity index (χ0v) is 11.5. The first-order valence-corrected chi connectivity index (χ1v) is 6.75. The topological polar surface area (TPSA) is 34.0 Å². The van der Waals surface area contributed by atoms with Gasteiger partial charge in [-0.3, -0.25) is 4.68 Å². The number of rotatable bonds is 5. The number of halogens is 1. The van der Waals surface area contributed by atoms with Gasteiger partial charge < -0.3 is 4.90 Å². The Hall–Kier alpha value is -0.910. The number of thiophene rings is 1. The minimum Gasteiger partial charge on any atom is -0.309 e. The van der Waals surface area contributed by atoms with E-state index in [1.54, 1.807) is 17.7 Å². The zero-order valence-electron chi connectivity index (χ0n) is 9.93. The molecule has 2 heterocycles. The fourth-order valence-electron chi connectivity index (χ4n) is 1.52. The quantitative estimate of drug-likeness (QED) is 0.838. The smallest absolute Gasteiger partial charge is 0.183 e. The number of hydrogen-bond donors (Lipinski definition) is 0. The van der Waals surface area contributed by atoms with Crippen molar-refractivity contribution >= 4 is 22.9 Å². The summed E-state index contributed by atoms with van der Waals surface area (Å²) in [6.45, 7) is 1.93. The van der Waals surface area contributed by atoms with E-state index in [0.717, 1.165) is 30.1 Å². The predicted octanol–water partition coefficient (Wildman–Crippen LogP) is 2.61. The van der Waals surface area contributed by atoms with Crippen LogP contribution in [0.15, 0.2) is 17.1 Å². The van der Waals surface area contributed by atoms with Gasteiger partial charge in [-0.1, -0.05) is 11.6 Å². The second-order valence-electron chi connectivity index (χ2n) is 4.12. The highest BCUT2D eigenvalue weighted by molar-refractivity contribution is 7.08. The molecule has 0 aromatic carbocycles. The molecule has 0 radical (unpaired) electrons. The molecule has 0 spiro atoms. The Morgan fingerprint density at radius 2 is 2.24 bits per heavy atom.